The molecule has 0 aliphatic carbocycles. The first-order valence-corrected chi connectivity index (χ1v) is 7.98. The van der Waals surface area contributed by atoms with Gasteiger partial charge in [0.1, 0.15) is 5.56 Å². The lowest BCUT2D eigenvalue weighted by molar-refractivity contribution is -0.673. The predicted molar refractivity (Wildman–Crippen MR) is 88.9 cm³/mol. The van der Waals surface area contributed by atoms with Crippen molar-refractivity contribution in [3.63, 3.8) is 0 Å². The van der Waals surface area contributed by atoms with Gasteiger partial charge in [-0.15, -0.1) is 0 Å². The average Bonchev–Trinajstić information content (AvgIpc) is 2.85. The lowest BCUT2D eigenvalue weighted by atomic mass is 10.1. The van der Waals surface area contributed by atoms with Gasteiger partial charge in [0.25, 0.3) is 5.91 Å². The highest BCUT2D eigenvalue weighted by molar-refractivity contribution is 14.1. The van der Waals surface area contributed by atoms with Crippen molar-refractivity contribution in [1.82, 2.24) is 4.90 Å². The number of aliphatic imine (C=N–C) groups is 1. The predicted octanol–water partition coefficient (Wildman–Crippen LogP) is 0.710. The lowest BCUT2D eigenvalue weighted by Gasteiger charge is -2.14. The highest BCUT2D eigenvalue weighted by Crippen LogP contribution is 2.25. The molecule has 0 saturated heterocycles. The van der Waals surface area contributed by atoms with Crippen molar-refractivity contribution in [2.75, 3.05) is 20.2 Å². The van der Waals surface area contributed by atoms with Crippen LogP contribution in [0.2, 0.25) is 0 Å². The van der Waals surface area contributed by atoms with Crippen LogP contribution in [0.1, 0.15) is 17.3 Å². The molecule has 0 spiro atoms. The van der Waals surface area contributed by atoms with Crippen LogP contribution in [0.4, 0.5) is 5.69 Å². The summed E-state index contributed by atoms with van der Waals surface area (Å²) in [5, 5.41) is 0. The Morgan fingerprint density at radius 3 is 3.00 bits per heavy atom. The van der Waals surface area contributed by atoms with Crippen molar-refractivity contribution in [2.24, 2.45) is 4.99 Å². The fraction of sp³-hybridized carbons (Fsp3) is 0.267. The first kappa shape index (κ1) is 15.2. The first-order valence-electron chi connectivity index (χ1n) is 6.90. The number of fused-ring (bicyclic) bond motifs is 3. The van der Waals surface area contributed by atoms with Crippen molar-refractivity contribution >= 4 is 46.5 Å². The standard InChI is InChI=1S/C15H14IN3O3/c1-3-22-15(21)13-11-7-18(2)14(20)12-9(16)5-4-6-10(12)19(11)8-17-13/h4-6,8H,3,7H2,1-2H3/p+1. The molecule has 2 heterocycles. The van der Waals surface area contributed by atoms with E-state index in [4.69, 9.17) is 4.74 Å². The third-order valence-electron chi connectivity index (χ3n) is 3.66. The molecule has 0 bridgehead atoms. The van der Waals surface area contributed by atoms with Gasteiger partial charge in [-0.1, -0.05) is 6.07 Å². The molecule has 0 aromatic heterocycles. The van der Waals surface area contributed by atoms with E-state index in [0.717, 1.165) is 19.9 Å². The van der Waals surface area contributed by atoms with Gasteiger partial charge in [-0.05, 0) is 35.6 Å². The number of amides is 1. The van der Waals surface area contributed by atoms with Crippen LogP contribution in [0.3, 0.4) is 0 Å². The number of nitrogens with zero attached hydrogens (tertiary/aromatic N) is 2. The van der Waals surface area contributed by atoms with Gasteiger partial charge in [0.05, 0.1) is 13.2 Å². The number of ether oxygens (including phenoxy) is 1. The lowest BCUT2D eigenvalue weighted by Crippen LogP contribution is -3.04. The Kier molecular flexibility index (Phi) is 4.00. The Hall–Kier alpha value is -1.74. The summed E-state index contributed by atoms with van der Waals surface area (Å²) in [5.74, 6) is -0.496. The molecule has 3 rings (SSSR count). The molecule has 1 atom stereocenters. The van der Waals surface area contributed by atoms with E-state index in [1.54, 1.807) is 25.2 Å². The van der Waals surface area contributed by atoms with Crippen LogP contribution in [0, 0.1) is 3.57 Å². The van der Waals surface area contributed by atoms with Gasteiger partial charge in [-0.3, -0.25) is 4.79 Å². The van der Waals surface area contributed by atoms with Gasteiger partial charge in [0.15, 0.2) is 17.7 Å². The Morgan fingerprint density at radius 2 is 2.27 bits per heavy atom. The molecule has 114 valence electrons. The number of quaternary nitrogens is 1. The maximum atomic E-state index is 12.6. The second-order valence-corrected chi connectivity index (χ2v) is 6.21. The molecule has 22 heavy (non-hydrogen) atoms. The molecule has 0 radical (unpaired) electrons. The highest BCUT2D eigenvalue weighted by atomic mass is 127. The van der Waals surface area contributed by atoms with E-state index < -0.39 is 5.97 Å². The van der Waals surface area contributed by atoms with Crippen LogP contribution >= 0.6 is 22.6 Å². The molecular formula is C15H15IN3O3+. The van der Waals surface area contributed by atoms with E-state index in [1.165, 1.54) is 0 Å². The zero-order chi connectivity index (χ0) is 15.9. The van der Waals surface area contributed by atoms with Crippen LogP contribution in [-0.2, 0) is 9.53 Å². The van der Waals surface area contributed by atoms with E-state index in [2.05, 4.69) is 27.6 Å². The minimum atomic E-state index is -0.446. The molecule has 1 aromatic carbocycles. The van der Waals surface area contributed by atoms with Gasteiger partial charge >= 0.3 is 5.97 Å². The Morgan fingerprint density at radius 1 is 1.50 bits per heavy atom. The second-order valence-electron chi connectivity index (χ2n) is 5.04. The molecule has 6 nitrogen and oxygen atoms in total. The number of likely N-dealkylation sites (N-methyl/N-ethyl adjacent to an activating group) is 1. The van der Waals surface area contributed by atoms with Crippen molar-refractivity contribution in [3.8, 4) is 0 Å². The third-order valence-corrected chi connectivity index (χ3v) is 4.56. The van der Waals surface area contributed by atoms with E-state index in [1.807, 2.05) is 18.2 Å². The van der Waals surface area contributed by atoms with Crippen LogP contribution in [0.5, 0.6) is 0 Å². The minimum Gasteiger partial charge on any atom is -0.461 e. The smallest absolute Gasteiger partial charge is 0.363 e. The molecule has 0 fully saturated rings. The zero-order valence-electron chi connectivity index (χ0n) is 12.2. The van der Waals surface area contributed by atoms with E-state index in [0.29, 0.717) is 24.4 Å². The topological polar surface area (TPSA) is 63.4 Å². The maximum absolute atomic E-state index is 12.6. The molecule has 7 heteroatoms. The summed E-state index contributed by atoms with van der Waals surface area (Å²) in [7, 11) is 1.73. The van der Waals surface area contributed by atoms with Gasteiger partial charge in [-0.2, -0.15) is 4.99 Å². The Labute approximate surface area is 141 Å². The van der Waals surface area contributed by atoms with Crippen LogP contribution < -0.4 is 4.90 Å². The van der Waals surface area contributed by atoms with Gasteiger partial charge < -0.3 is 9.64 Å². The number of esters is 1. The van der Waals surface area contributed by atoms with Gasteiger partial charge in [0.2, 0.25) is 5.70 Å². The number of carbonyl (C=O) groups excluding carboxylic acids is 2. The number of hydrogen-bond donors (Lipinski definition) is 1. The van der Waals surface area contributed by atoms with Crippen molar-refractivity contribution < 1.29 is 19.2 Å². The largest absolute Gasteiger partial charge is 0.461 e. The summed E-state index contributed by atoms with van der Waals surface area (Å²) >= 11 is 2.16. The Balaban J connectivity index is 2.16. The van der Waals surface area contributed by atoms with E-state index in [-0.39, 0.29) is 5.91 Å². The summed E-state index contributed by atoms with van der Waals surface area (Å²) in [6.07, 6.45) is 1.66. The normalized spacial score (nSPS) is 19.9. The van der Waals surface area contributed by atoms with Crippen LogP contribution in [-0.4, -0.2) is 43.3 Å². The van der Waals surface area contributed by atoms with Crippen molar-refractivity contribution in [1.29, 1.82) is 0 Å². The summed E-state index contributed by atoms with van der Waals surface area (Å²) < 4.78 is 5.95. The Bertz CT molecular complexity index is 727. The molecule has 1 amide bonds. The fourth-order valence-electron chi connectivity index (χ4n) is 2.65. The summed E-state index contributed by atoms with van der Waals surface area (Å²) in [5.41, 5.74) is 2.52. The molecule has 1 aromatic rings. The fourth-order valence-corrected chi connectivity index (χ4v) is 3.37. The number of hydrogen-bond acceptors (Lipinski definition) is 4. The van der Waals surface area contributed by atoms with Crippen molar-refractivity contribution in [3.05, 3.63) is 38.7 Å². The number of rotatable bonds is 2. The average molecular weight is 412 g/mol. The van der Waals surface area contributed by atoms with Crippen molar-refractivity contribution in [2.45, 2.75) is 6.92 Å². The third kappa shape index (κ3) is 2.34. The number of carbonyl (C=O) groups is 2. The molecule has 2 aliphatic heterocycles. The first-order chi connectivity index (χ1) is 10.5. The minimum absolute atomic E-state index is 0.0500. The SMILES string of the molecule is CCOC(=O)C1=C2CN(C)C(=O)c3c(I)cccc3[NH+]2C=N1. The summed E-state index contributed by atoms with van der Waals surface area (Å²) in [6, 6.07) is 5.70. The van der Waals surface area contributed by atoms with E-state index in [9.17, 15) is 9.59 Å². The molecule has 1 N–H and O–H groups in total. The van der Waals surface area contributed by atoms with Gasteiger partial charge in [0, 0.05) is 16.7 Å². The maximum Gasteiger partial charge on any atom is 0.363 e. The highest BCUT2D eigenvalue weighted by Gasteiger charge is 2.39. The number of halogens is 1. The number of nitrogens with one attached hydrogen (secondary N) is 1. The molecular weight excluding hydrogens is 397 g/mol. The summed E-state index contributed by atoms with van der Waals surface area (Å²) in [6.45, 7) is 2.39. The number of benzene rings is 1. The van der Waals surface area contributed by atoms with Gasteiger partial charge in [-0.25, -0.2) is 9.69 Å². The molecule has 1 unspecified atom stereocenters. The summed E-state index contributed by atoms with van der Waals surface area (Å²) in [4.78, 5) is 31.4. The monoisotopic (exact) mass is 412 g/mol. The zero-order valence-corrected chi connectivity index (χ0v) is 14.4. The second kappa shape index (κ2) is 5.81. The molecule has 2 aliphatic rings. The van der Waals surface area contributed by atoms with Crippen LogP contribution in [0.15, 0.2) is 34.6 Å². The van der Waals surface area contributed by atoms with Crippen LogP contribution in [0.25, 0.3) is 0 Å². The quantitative estimate of drug-likeness (QED) is 0.575. The van der Waals surface area contributed by atoms with E-state index >= 15 is 0 Å². The molecule has 0 saturated carbocycles.